The Kier molecular flexibility index (Phi) is 10.2. The largest absolute Gasteiger partial charge is 0.310 e. The van der Waals surface area contributed by atoms with Gasteiger partial charge in [-0.15, -0.1) is 0 Å². The molecule has 0 aliphatic carbocycles. The van der Waals surface area contributed by atoms with E-state index < -0.39 is 0 Å². The van der Waals surface area contributed by atoms with E-state index in [1.807, 2.05) is 11.8 Å². The Morgan fingerprint density at radius 2 is 0.868 bits per heavy atom. The molecule has 0 unspecified atom stereocenters. The molecule has 0 radical (unpaired) electrons. The van der Waals surface area contributed by atoms with Crippen molar-refractivity contribution in [2.24, 2.45) is 0 Å². The molecular formula is C72H51BN2S. The molecule has 13 aromatic rings. The first-order chi connectivity index (χ1) is 37.4. The van der Waals surface area contributed by atoms with E-state index >= 15 is 0 Å². The summed E-state index contributed by atoms with van der Waals surface area (Å²) in [5.74, 6) is 0. The van der Waals surface area contributed by atoms with Crippen LogP contribution in [-0.2, 0) is 5.41 Å². The summed E-state index contributed by atoms with van der Waals surface area (Å²) in [5.41, 5.74) is 22.0. The quantitative estimate of drug-likeness (QED) is 0.121. The fourth-order valence-electron chi connectivity index (χ4n) is 12.7. The number of benzene rings is 12. The van der Waals surface area contributed by atoms with Crippen molar-refractivity contribution in [1.29, 1.82) is 0 Å². The molecule has 0 fully saturated rings. The molecule has 0 amide bonds. The van der Waals surface area contributed by atoms with Gasteiger partial charge in [0.15, 0.2) is 0 Å². The van der Waals surface area contributed by atoms with Gasteiger partial charge in [-0.1, -0.05) is 256 Å². The fraction of sp³-hybridized carbons (Fsp3) is 0.0556. The number of hydrogen-bond acceptors (Lipinski definition) is 2. The highest BCUT2D eigenvalue weighted by Gasteiger charge is 2.43. The molecule has 2 aliphatic heterocycles. The first kappa shape index (κ1) is 44.6. The number of fused-ring (bicyclic) bond motifs is 9. The maximum atomic E-state index is 2.68. The van der Waals surface area contributed by atoms with E-state index in [4.69, 9.17) is 0 Å². The van der Waals surface area contributed by atoms with E-state index in [-0.39, 0.29) is 12.1 Å². The van der Waals surface area contributed by atoms with Gasteiger partial charge in [-0.05, 0) is 102 Å². The van der Waals surface area contributed by atoms with Gasteiger partial charge in [-0.25, -0.2) is 0 Å². The lowest BCUT2D eigenvalue weighted by Crippen LogP contribution is -2.60. The summed E-state index contributed by atoms with van der Waals surface area (Å²) in [5, 5.41) is 7.39. The first-order valence-electron chi connectivity index (χ1n) is 26.5. The Morgan fingerprint density at radius 1 is 0.355 bits per heavy atom. The second-order valence-corrected chi connectivity index (χ2v) is 22.6. The molecule has 2 nitrogen and oxygen atoms in total. The number of anilines is 3. The molecule has 2 aliphatic rings. The van der Waals surface area contributed by atoms with E-state index in [0.717, 1.165) is 0 Å². The van der Waals surface area contributed by atoms with Crippen molar-refractivity contribution in [3.8, 4) is 50.2 Å². The molecule has 4 heteroatoms. The topological polar surface area (TPSA) is 8.17 Å². The van der Waals surface area contributed by atoms with Crippen LogP contribution >= 0.6 is 11.8 Å². The van der Waals surface area contributed by atoms with Crippen LogP contribution in [0.4, 0.5) is 17.1 Å². The van der Waals surface area contributed by atoms with Crippen LogP contribution in [0.25, 0.3) is 93.5 Å². The monoisotopic (exact) mass is 986 g/mol. The summed E-state index contributed by atoms with van der Waals surface area (Å²) in [7, 11) is 0. The molecule has 0 saturated heterocycles. The number of aromatic nitrogens is 1. The number of hydrogen-bond donors (Lipinski definition) is 0. The van der Waals surface area contributed by atoms with Crippen molar-refractivity contribution in [3.63, 3.8) is 0 Å². The Bertz CT molecular complexity index is 4310. The van der Waals surface area contributed by atoms with Crippen LogP contribution in [0, 0.1) is 0 Å². The summed E-state index contributed by atoms with van der Waals surface area (Å²) in [6, 6.07) is 95.5. The zero-order chi connectivity index (χ0) is 50.6. The van der Waals surface area contributed by atoms with Gasteiger partial charge in [0, 0.05) is 53.8 Å². The molecule has 15 rings (SSSR count). The predicted octanol–water partition coefficient (Wildman–Crippen LogP) is 17.8. The molecular weight excluding hydrogens is 936 g/mol. The zero-order valence-corrected chi connectivity index (χ0v) is 43.4. The normalized spacial score (nSPS) is 12.8. The Morgan fingerprint density at radius 3 is 1.45 bits per heavy atom. The fourth-order valence-corrected chi connectivity index (χ4v) is 13.9. The van der Waals surface area contributed by atoms with E-state index in [1.54, 1.807) is 0 Å². The standard InChI is InChI=1S/C72H51BN2S/c1-72(2,3)51-44-65-69-67(45-51)76-66-41-39-49(46-22-7-4-8-23-46)42-61(66)73(69)60-40-38-50(43-64(60)75(65)70-52(47-24-9-5-10-25-47)34-21-35-53(70)48-26-11-6-12-27-48)68-56-30-13-15-32-58(56)71(59-33-16-14-31-57(59)68)74-62-36-19-17-28-54(62)55-29-18-20-37-63(55)74/h4-45H,1-3H3. The van der Waals surface area contributed by atoms with E-state index in [9.17, 15) is 0 Å². The van der Waals surface area contributed by atoms with Gasteiger partial charge in [-0.2, -0.15) is 0 Å². The highest BCUT2D eigenvalue weighted by Crippen LogP contribution is 2.52. The molecule has 0 atom stereocenters. The van der Waals surface area contributed by atoms with Crippen LogP contribution in [0.15, 0.2) is 265 Å². The van der Waals surface area contributed by atoms with Crippen molar-refractivity contribution in [2.45, 2.75) is 36.0 Å². The summed E-state index contributed by atoms with van der Waals surface area (Å²) in [6.45, 7) is 7.06. The molecule has 0 bridgehead atoms. The van der Waals surface area contributed by atoms with Crippen molar-refractivity contribution >= 4 is 95.3 Å². The molecule has 1 aromatic heterocycles. The summed E-state index contributed by atoms with van der Waals surface area (Å²) in [6.07, 6.45) is 0. The van der Waals surface area contributed by atoms with Crippen LogP contribution in [0.3, 0.4) is 0 Å². The van der Waals surface area contributed by atoms with Crippen LogP contribution in [0.2, 0.25) is 0 Å². The lowest BCUT2D eigenvalue weighted by molar-refractivity contribution is 0.589. The van der Waals surface area contributed by atoms with Gasteiger partial charge in [0.25, 0.3) is 0 Å². The molecule has 12 aromatic carbocycles. The average molecular weight is 987 g/mol. The van der Waals surface area contributed by atoms with E-state index in [1.165, 1.54) is 142 Å². The molecule has 76 heavy (non-hydrogen) atoms. The minimum Gasteiger partial charge on any atom is -0.310 e. The Balaban J connectivity index is 1.07. The highest BCUT2D eigenvalue weighted by molar-refractivity contribution is 8.00. The van der Waals surface area contributed by atoms with Crippen molar-refractivity contribution in [2.75, 3.05) is 4.90 Å². The van der Waals surface area contributed by atoms with Crippen LogP contribution in [0.5, 0.6) is 0 Å². The van der Waals surface area contributed by atoms with Crippen LogP contribution in [-0.4, -0.2) is 11.3 Å². The first-order valence-corrected chi connectivity index (χ1v) is 27.3. The van der Waals surface area contributed by atoms with E-state index in [0.29, 0.717) is 0 Å². The summed E-state index contributed by atoms with van der Waals surface area (Å²) < 4.78 is 2.52. The van der Waals surface area contributed by atoms with Crippen LogP contribution in [0.1, 0.15) is 26.3 Å². The number of rotatable bonds is 6. The molecule has 0 N–H and O–H groups in total. The maximum Gasteiger partial charge on any atom is 0.249 e. The lowest BCUT2D eigenvalue weighted by atomic mass is 9.34. The third-order valence-corrected chi connectivity index (χ3v) is 17.3. The second-order valence-electron chi connectivity index (χ2n) is 21.5. The summed E-state index contributed by atoms with van der Waals surface area (Å²) in [4.78, 5) is 5.31. The van der Waals surface area contributed by atoms with Crippen molar-refractivity contribution in [1.82, 2.24) is 4.57 Å². The SMILES string of the molecule is CC(C)(C)c1cc2c3c(c1)N(c1c(-c4ccccc4)cccc1-c1ccccc1)c1cc(-c4c5ccccc5c(-n5c6ccccc6c6ccccc65)c5ccccc45)ccc1B3c1cc(-c3ccccc3)ccc1S2. The molecule has 358 valence electrons. The van der Waals surface area contributed by atoms with Crippen molar-refractivity contribution in [3.05, 3.63) is 260 Å². The minimum absolute atomic E-state index is 0.0190. The van der Waals surface area contributed by atoms with Crippen LogP contribution < -0.4 is 21.3 Å². The molecule has 3 heterocycles. The van der Waals surface area contributed by atoms with Gasteiger partial charge in [-0.3, -0.25) is 0 Å². The number of para-hydroxylation sites is 3. The highest BCUT2D eigenvalue weighted by atomic mass is 32.2. The smallest absolute Gasteiger partial charge is 0.249 e. The average Bonchev–Trinajstić information content (AvgIpc) is 3.84. The Labute approximate surface area is 448 Å². The van der Waals surface area contributed by atoms with Gasteiger partial charge in [0.2, 0.25) is 6.71 Å². The maximum absolute atomic E-state index is 2.68. The minimum atomic E-state index is -0.121. The molecule has 0 spiro atoms. The predicted molar refractivity (Wildman–Crippen MR) is 326 cm³/mol. The van der Waals surface area contributed by atoms with Gasteiger partial charge < -0.3 is 9.47 Å². The molecule has 0 saturated carbocycles. The third-order valence-electron chi connectivity index (χ3n) is 16.2. The van der Waals surface area contributed by atoms with Gasteiger partial charge >= 0.3 is 0 Å². The zero-order valence-electron chi connectivity index (χ0n) is 42.6. The Hall–Kier alpha value is -8.83. The third kappa shape index (κ3) is 6.90. The van der Waals surface area contributed by atoms with Crippen molar-refractivity contribution < 1.29 is 0 Å². The van der Waals surface area contributed by atoms with E-state index in [2.05, 4.69) is 285 Å². The number of nitrogens with zero attached hydrogens (tertiary/aromatic N) is 2. The van der Waals surface area contributed by atoms with Gasteiger partial charge in [0.05, 0.1) is 22.4 Å². The lowest BCUT2D eigenvalue weighted by Gasteiger charge is -2.43. The second kappa shape index (κ2) is 17.4. The van der Waals surface area contributed by atoms with Gasteiger partial charge in [0.1, 0.15) is 0 Å². The summed E-state index contributed by atoms with van der Waals surface area (Å²) >= 11 is 1.93.